The van der Waals surface area contributed by atoms with Crippen LogP contribution in [0.2, 0.25) is 0 Å². The van der Waals surface area contributed by atoms with E-state index >= 15 is 0 Å². The fraction of sp³-hybridized carbons (Fsp3) is 0.500. The smallest absolute Gasteiger partial charge is 0.239 e. The second-order valence-electron chi connectivity index (χ2n) is 5.61. The molecule has 0 bridgehead atoms. The third-order valence-electron chi connectivity index (χ3n) is 4.03. The van der Waals surface area contributed by atoms with Crippen molar-refractivity contribution >= 4 is 29.9 Å². The standard InChI is InChI=1S/C16H21N3O3.ClH/c20-15-2-1-8-19(15)13-5-3-12(4-6-13)10-18-16(21)14-11-22-9-7-17-14;/h3-6,14,17H,1-2,7-11H2,(H,18,21);1H. The maximum absolute atomic E-state index is 12.0. The third kappa shape index (κ3) is 4.43. The second-order valence-corrected chi connectivity index (χ2v) is 5.61. The van der Waals surface area contributed by atoms with Gasteiger partial charge in [-0.3, -0.25) is 9.59 Å². The second kappa shape index (κ2) is 8.29. The quantitative estimate of drug-likeness (QED) is 0.853. The van der Waals surface area contributed by atoms with E-state index in [1.54, 1.807) is 0 Å². The zero-order chi connectivity index (χ0) is 15.4. The Bertz CT molecular complexity index is 544. The van der Waals surface area contributed by atoms with Gasteiger partial charge in [0.25, 0.3) is 0 Å². The fourth-order valence-corrected chi connectivity index (χ4v) is 2.76. The molecule has 1 aromatic carbocycles. The zero-order valence-electron chi connectivity index (χ0n) is 12.9. The van der Waals surface area contributed by atoms with Gasteiger partial charge in [0.15, 0.2) is 0 Å². The molecule has 2 amide bonds. The lowest BCUT2D eigenvalue weighted by Crippen LogP contribution is -2.51. The van der Waals surface area contributed by atoms with Crippen molar-refractivity contribution in [2.24, 2.45) is 0 Å². The summed E-state index contributed by atoms with van der Waals surface area (Å²) in [4.78, 5) is 25.5. The largest absolute Gasteiger partial charge is 0.378 e. The van der Waals surface area contributed by atoms with E-state index in [1.165, 1.54) is 0 Å². The molecule has 3 rings (SSSR count). The maximum atomic E-state index is 12.0. The van der Waals surface area contributed by atoms with Gasteiger partial charge in [-0.15, -0.1) is 12.4 Å². The Kier molecular flexibility index (Phi) is 6.38. The minimum atomic E-state index is -0.268. The summed E-state index contributed by atoms with van der Waals surface area (Å²) in [5.41, 5.74) is 1.94. The number of ether oxygens (including phenoxy) is 1. The lowest BCUT2D eigenvalue weighted by molar-refractivity contribution is -0.126. The van der Waals surface area contributed by atoms with Crippen LogP contribution in [0.15, 0.2) is 24.3 Å². The van der Waals surface area contributed by atoms with Crippen LogP contribution in [0.4, 0.5) is 5.69 Å². The Labute approximate surface area is 142 Å². The molecule has 2 saturated heterocycles. The number of benzene rings is 1. The highest BCUT2D eigenvalue weighted by Gasteiger charge is 2.22. The molecule has 2 heterocycles. The van der Waals surface area contributed by atoms with Gasteiger partial charge in [-0.25, -0.2) is 0 Å². The molecule has 2 aliphatic rings. The van der Waals surface area contributed by atoms with E-state index in [0.717, 1.165) is 24.2 Å². The van der Waals surface area contributed by atoms with Crippen LogP contribution in [-0.2, 0) is 20.9 Å². The number of nitrogens with zero attached hydrogens (tertiary/aromatic N) is 1. The average molecular weight is 340 g/mol. The molecule has 23 heavy (non-hydrogen) atoms. The minimum Gasteiger partial charge on any atom is -0.378 e. The Balaban J connectivity index is 0.00000192. The number of nitrogens with one attached hydrogen (secondary N) is 2. The van der Waals surface area contributed by atoms with Gasteiger partial charge < -0.3 is 20.3 Å². The van der Waals surface area contributed by atoms with Gasteiger partial charge in [0.1, 0.15) is 6.04 Å². The normalized spacial score (nSPS) is 21.0. The molecule has 1 atom stereocenters. The van der Waals surface area contributed by atoms with Crippen LogP contribution in [0.3, 0.4) is 0 Å². The van der Waals surface area contributed by atoms with Crippen molar-refractivity contribution in [1.82, 2.24) is 10.6 Å². The molecule has 1 aromatic rings. The lowest BCUT2D eigenvalue weighted by atomic mass is 10.2. The molecule has 2 fully saturated rings. The van der Waals surface area contributed by atoms with Crippen molar-refractivity contribution in [2.45, 2.75) is 25.4 Å². The van der Waals surface area contributed by atoms with Crippen LogP contribution in [0.25, 0.3) is 0 Å². The molecule has 2 aliphatic heterocycles. The summed E-state index contributed by atoms with van der Waals surface area (Å²) < 4.78 is 5.28. The van der Waals surface area contributed by atoms with E-state index in [-0.39, 0.29) is 30.3 Å². The molecule has 126 valence electrons. The summed E-state index contributed by atoms with van der Waals surface area (Å²) in [6, 6.07) is 7.51. The van der Waals surface area contributed by atoms with E-state index in [4.69, 9.17) is 4.74 Å². The highest BCUT2D eigenvalue weighted by molar-refractivity contribution is 5.95. The molecule has 0 aromatic heterocycles. The van der Waals surface area contributed by atoms with E-state index in [1.807, 2.05) is 29.2 Å². The number of anilines is 1. The monoisotopic (exact) mass is 339 g/mol. The number of rotatable bonds is 4. The predicted octanol–water partition coefficient (Wildman–Crippen LogP) is 0.840. The summed E-state index contributed by atoms with van der Waals surface area (Å²) in [7, 11) is 0. The van der Waals surface area contributed by atoms with Crippen molar-refractivity contribution in [3.63, 3.8) is 0 Å². The Hall–Kier alpha value is -1.63. The molecule has 6 nitrogen and oxygen atoms in total. The average Bonchev–Trinajstić information content (AvgIpc) is 3.00. The summed E-state index contributed by atoms with van der Waals surface area (Å²) in [5, 5.41) is 6.03. The van der Waals surface area contributed by atoms with Crippen LogP contribution in [0, 0.1) is 0 Å². The predicted molar refractivity (Wildman–Crippen MR) is 89.7 cm³/mol. The topological polar surface area (TPSA) is 70.7 Å². The zero-order valence-corrected chi connectivity index (χ0v) is 13.7. The number of halogens is 1. The molecular weight excluding hydrogens is 318 g/mol. The van der Waals surface area contributed by atoms with E-state index in [2.05, 4.69) is 10.6 Å². The number of carbonyl (C=O) groups is 2. The highest BCUT2D eigenvalue weighted by atomic mass is 35.5. The molecule has 0 saturated carbocycles. The van der Waals surface area contributed by atoms with Crippen LogP contribution in [-0.4, -0.2) is 44.2 Å². The molecule has 0 spiro atoms. The van der Waals surface area contributed by atoms with Gasteiger partial charge in [0.2, 0.25) is 11.8 Å². The Morgan fingerprint density at radius 2 is 2.13 bits per heavy atom. The van der Waals surface area contributed by atoms with E-state index in [9.17, 15) is 9.59 Å². The van der Waals surface area contributed by atoms with Crippen LogP contribution in [0.1, 0.15) is 18.4 Å². The SMILES string of the molecule is Cl.O=C(NCc1ccc(N2CCCC2=O)cc1)C1COCCN1. The molecule has 0 aliphatic carbocycles. The van der Waals surface area contributed by atoms with Crippen molar-refractivity contribution < 1.29 is 14.3 Å². The molecule has 2 N–H and O–H groups in total. The summed E-state index contributed by atoms with van der Waals surface area (Å²) >= 11 is 0. The minimum absolute atomic E-state index is 0. The summed E-state index contributed by atoms with van der Waals surface area (Å²) in [6.45, 7) is 3.05. The first kappa shape index (κ1) is 17.7. The van der Waals surface area contributed by atoms with E-state index in [0.29, 0.717) is 32.7 Å². The number of amides is 2. The van der Waals surface area contributed by atoms with Crippen LogP contribution < -0.4 is 15.5 Å². The number of carbonyl (C=O) groups excluding carboxylic acids is 2. The van der Waals surface area contributed by atoms with Gasteiger partial charge in [-0.1, -0.05) is 12.1 Å². The number of morpholine rings is 1. The van der Waals surface area contributed by atoms with Gasteiger partial charge in [0.05, 0.1) is 13.2 Å². The van der Waals surface area contributed by atoms with Crippen molar-refractivity contribution in [3.8, 4) is 0 Å². The number of hydrogen-bond acceptors (Lipinski definition) is 4. The Morgan fingerprint density at radius 3 is 2.74 bits per heavy atom. The first-order valence-electron chi connectivity index (χ1n) is 7.72. The number of hydrogen-bond donors (Lipinski definition) is 2. The highest BCUT2D eigenvalue weighted by Crippen LogP contribution is 2.21. The van der Waals surface area contributed by atoms with Gasteiger partial charge in [0, 0.05) is 31.7 Å². The Morgan fingerprint density at radius 1 is 1.35 bits per heavy atom. The van der Waals surface area contributed by atoms with Gasteiger partial charge >= 0.3 is 0 Å². The first-order chi connectivity index (χ1) is 10.7. The summed E-state index contributed by atoms with van der Waals surface area (Å²) in [6.07, 6.45) is 1.56. The van der Waals surface area contributed by atoms with Crippen molar-refractivity contribution in [2.75, 3.05) is 31.2 Å². The molecule has 1 unspecified atom stereocenters. The van der Waals surface area contributed by atoms with Gasteiger partial charge in [-0.05, 0) is 24.1 Å². The lowest BCUT2D eigenvalue weighted by Gasteiger charge is -2.23. The summed E-state index contributed by atoms with van der Waals surface area (Å²) in [5.74, 6) is 0.142. The van der Waals surface area contributed by atoms with E-state index < -0.39 is 0 Å². The van der Waals surface area contributed by atoms with Crippen LogP contribution >= 0.6 is 12.4 Å². The molecular formula is C16H22ClN3O3. The third-order valence-corrected chi connectivity index (χ3v) is 4.03. The fourth-order valence-electron chi connectivity index (χ4n) is 2.76. The van der Waals surface area contributed by atoms with Gasteiger partial charge in [-0.2, -0.15) is 0 Å². The van der Waals surface area contributed by atoms with Crippen molar-refractivity contribution in [3.05, 3.63) is 29.8 Å². The maximum Gasteiger partial charge on any atom is 0.239 e. The molecule has 7 heteroatoms. The van der Waals surface area contributed by atoms with Crippen molar-refractivity contribution in [1.29, 1.82) is 0 Å². The van der Waals surface area contributed by atoms with Crippen LogP contribution in [0.5, 0.6) is 0 Å². The molecule has 0 radical (unpaired) electrons. The first-order valence-corrected chi connectivity index (χ1v) is 7.72.